The van der Waals surface area contributed by atoms with Gasteiger partial charge in [-0.1, -0.05) is 6.92 Å². The number of hydrogen-bond donors (Lipinski definition) is 1. The van der Waals surface area contributed by atoms with Crippen molar-refractivity contribution >= 4 is 15.5 Å². The van der Waals surface area contributed by atoms with E-state index in [9.17, 15) is 8.42 Å². The van der Waals surface area contributed by atoms with Crippen LogP contribution in [0.1, 0.15) is 12.6 Å². The highest BCUT2D eigenvalue weighted by atomic mass is 32.2. The molecule has 0 atom stereocenters. The molecule has 1 heterocycles. The number of nitrogens with zero attached hydrogens (tertiary/aromatic N) is 1. The number of hydrogen-bond acceptors (Lipinski definition) is 4. The van der Waals surface area contributed by atoms with Crippen molar-refractivity contribution in [1.29, 1.82) is 0 Å². The molecule has 4 nitrogen and oxygen atoms in total. The van der Waals surface area contributed by atoms with E-state index < -0.39 is 9.84 Å². The first-order valence-electron chi connectivity index (χ1n) is 3.93. The maximum Gasteiger partial charge on any atom is 0.197 e. The summed E-state index contributed by atoms with van der Waals surface area (Å²) in [6, 6.07) is 3.24. The Morgan fingerprint density at radius 2 is 2.08 bits per heavy atom. The van der Waals surface area contributed by atoms with Gasteiger partial charge in [0.15, 0.2) is 14.9 Å². The first kappa shape index (κ1) is 9.98. The smallest absolute Gasteiger partial charge is 0.197 e. The third-order valence-corrected chi connectivity index (χ3v) is 3.38. The summed E-state index contributed by atoms with van der Waals surface area (Å²) >= 11 is 0. The van der Waals surface area contributed by atoms with Gasteiger partial charge in [0, 0.05) is 5.69 Å². The summed E-state index contributed by atoms with van der Waals surface area (Å²) in [5, 5.41) is -0.00463. The number of anilines is 1. The number of sulfone groups is 1. The van der Waals surface area contributed by atoms with E-state index >= 15 is 0 Å². The van der Waals surface area contributed by atoms with Gasteiger partial charge < -0.3 is 5.73 Å². The van der Waals surface area contributed by atoms with Gasteiger partial charge in [-0.25, -0.2) is 13.4 Å². The van der Waals surface area contributed by atoms with Crippen LogP contribution in [-0.4, -0.2) is 19.2 Å². The molecule has 0 bridgehead atoms. The van der Waals surface area contributed by atoms with Crippen LogP contribution in [0.25, 0.3) is 0 Å². The molecule has 0 aliphatic carbocycles. The van der Waals surface area contributed by atoms with E-state index in [-0.39, 0.29) is 16.5 Å². The average Bonchev–Trinajstić information content (AvgIpc) is 2.09. The number of aromatic nitrogens is 1. The molecule has 0 aliphatic rings. The van der Waals surface area contributed by atoms with Crippen molar-refractivity contribution in [3.05, 3.63) is 17.8 Å². The number of nitrogen functional groups attached to an aromatic ring is 1. The molecule has 0 unspecified atom stereocenters. The van der Waals surface area contributed by atoms with Crippen LogP contribution in [0.2, 0.25) is 0 Å². The molecule has 1 aromatic rings. The van der Waals surface area contributed by atoms with Gasteiger partial charge in [-0.3, -0.25) is 0 Å². The van der Waals surface area contributed by atoms with Gasteiger partial charge in [-0.2, -0.15) is 0 Å². The van der Waals surface area contributed by atoms with Crippen molar-refractivity contribution in [2.75, 3.05) is 11.5 Å². The second kappa shape index (κ2) is 3.33. The summed E-state index contributed by atoms with van der Waals surface area (Å²) in [7, 11) is -3.29. The van der Waals surface area contributed by atoms with E-state index in [1.807, 2.05) is 0 Å². The fourth-order valence-electron chi connectivity index (χ4n) is 0.929. The fourth-order valence-corrected chi connectivity index (χ4v) is 1.91. The quantitative estimate of drug-likeness (QED) is 0.765. The molecule has 1 rings (SSSR count). The van der Waals surface area contributed by atoms with Crippen molar-refractivity contribution in [1.82, 2.24) is 4.98 Å². The second-order valence-electron chi connectivity index (χ2n) is 2.75. The van der Waals surface area contributed by atoms with Crippen LogP contribution in [0.3, 0.4) is 0 Å². The lowest BCUT2D eigenvalue weighted by atomic mass is 10.3. The van der Waals surface area contributed by atoms with Crippen LogP contribution in [0, 0.1) is 6.92 Å². The highest BCUT2D eigenvalue weighted by Crippen LogP contribution is 2.16. The van der Waals surface area contributed by atoms with Crippen LogP contribution < -0.4 is 5.73 Å². The largest absolute Gasteiger partial charge is 0.396 e. The van der Waals surface area contributed by atoms with Gasteiger partial charge in [0.05, 0.1) is 11.4 Å². The summed E-state index contributed by atoms with van der Waals surface area (Å²) in [6.07, 6.45) is 0. The minimum absolute atomic E-state index is 0.00463. The fraction of sp³-hybridized carbons (Fsp3) is 0.375. The zero-order valence-corrected chi connectivity index (χ0v) is 8.43. The van der Waals surface area contributed by atoms with Crippen molar-refractivity contribution in [2.24, 2.45) is 0 Å². The Bertz CT molecular complexity index is 412. The highest BCUT2D eigenvalue weighted by molar-refractivity contribution is 7.91. The summed E-state index contributed by atoms with van der Waals surface area (Å²) in [4.78, 5) is 3.90. The SMILES string of the molecule is CCS(=O)(=O)c1nc(C)ccc1N. The summed E-state index contributed by atoms with van der Waals surface area (Å²) < 4.78 is 22.9. The molecule has 0 aromatic carbocycles. The lowest BCUT2D eigenvalue weighted by Crippen LogP contribution is -2.10. The van der Waals surface area contributed by atoms with Crippen molar-refractivity contribution in [3.63, 3.8) is 0 Å². The van der Waals surface area contributed by atoms with E-state index in [4.69, 9.17) is 5.73 Å². The number of aryl methyl sites for hydroxylation is 1. The molecule has 72 valence electrons. The number of rotatable bonds is 2. The highest BCUT2D eigenvalue weighted by Gasteiger charge is 2.16. The lowest BCUT2D eigenvalue weighted by molar-refractivity contribution is 0.593. The van der Waals surface area contributed by atoms with Crippen LogP contribution in [0.5, 0.6) is 0 Å². The summed E-state index contributed by atoms with van der Waals surface area (Å²) in [5.74, 6) is 0.0215. The minimum Gasteiger partial charge on any atom is -0.396 e. The maximum absolute atomic E-state index is 11.4. The van der Waals surface area contributed by atoms with Gasteiger partial charge in [-0.15, -0.1) is 0 Å². The molecule has 13 heavy (non-hydrogen) atoms. The molecule has 1 aromatic heterocycles. The standard InChI is InChI=1S/C8H12N2O2S/c1-3-13(11,12)8-7(9)5-4-6(2)10-8/h4-5H,3,9H2,1-2H3. The molecule has 0 spiro atoms. The lowest BCUT2D eigenvalue weighted by Gasteiger charge is -2.04. The van der Waals surface area contributed by atoms with Gasteiger partial charge in [-0.05, 0) is 19.1 Å². The Morgan fingerprint density at radius 1 is 1.46 bits per heavy atom. The Morgan fingerprint density at radius 3 is 2.62 bits per heavy atom. The Balaban J connectivity index is 3.38. The molecule has 0 saturated carbocycles. The van der Waals surface area contributed by atoms with E-state index in [1.165, 1.54) is 0 Å². The van der Waals surface area contributed by atoms with Crippen LogP contribution in [0.4, 0.5) is 5.69 Å². The van der Waals surface area contributed by atoms with Gasteiger partial charge in [0.25, 0.3) is 0 Å². The average molecular weight is 200 g/mol. The van der Waals surface area contributed by atoms with Gasteiger partial charge in [0.1, 0.15) is 0 Å². The van der Waals surface area contributed by atoms with E-state index in [2.05, 4.69) is 4.98 Å². The zero-order chi connectivity index (χ0) is 10.1. The van der Waals surface area contributed by atoms with Crippen molar-refractivity contribution < 1.29 is 8.42 Å². The van der Waals surface area contributed by atoms with Crippen molar-refractivity contribution in [3.8, 4) is 0 Å². The molecule has 2 N–H and O–H groups in total. The van der Waals surface area contributed by atoms with Crippen molar-refractivity contribution in [2.45, 2.75) is 18.9 Å². The van der Waals surface area contributed by atoms with Gasteiger partial charge in [0.2, 0.25) is 0 Å². The maximum atomic E-state index is 11.4. The number of pyridine rings is 1. The Labute approximate surface area is 77.7 Å². The Kier molecular flexibility index (Phi) is 2.56. The topological polar surface area (TPSA) is 73.0 Å². The molecular weight excluding hydrogens is 188 g/mol. The summed E-state index contributed by atoms with van der Waals surface area (Å²) in [5.41, 5.74) is 6.38. The third kappa shape index (κ3) is 1.98. The monoisotopic (exact) mass is 200 g/mol. The van der Waals surface area contributed by atoms with Crippen LogP contribution in [-0.2, 0) is 9.84 Å². The summed E-state index contributed by atoms with van der Waals surface area (Å²) in [6.45, 7) is 3.30. The third-order valence-electron chi connectivity index (χ3n) is 1.70. The first-order valence-corrected chi connectivity index (χ1v) is 5.58. The molecule has 0 fully saturated rings. The number of nitrogens with two attached hydrogens (primary N) is 1. The predicted molar refractivity (Wildman–Crippen MR) is 51.1 cm³/mol. The molecule has 0 aliphatic heterocycles. The second-order valence-corrected chi connectivity index (χ2v) is 4.94. The normalized spacial score (nSPS) is 11.5. The zero-order valence-electron chi connectivity index (χ0n) is 7.61. The molecular formula is C8H12N2O2S. The van der Waals surface area contributed by atoms with E-state index in [0.29, 0.717) is 5.69 Å². The minimum atomic E-state index is -3.29. The molecule has 0 amide bonds. The first-order chi connectivity index (χ1) is 5.97. The molecule has 5 heteroatoms. The predicted octanol–water partition coefficient (Wildman–Crippen LogP) is 0.766. The molecule has 0 radical (unpaired) electrons. The van der Waals surface area contributed by atoms with E-state index in [1.54, 1.807) is 26.0 Å². The van der Waals surface area contributed by atoms with Gasteiger partial charge >= 0.3 is 0 Å². The van der Waals surface area contributed by atoms with E-state index in [0.717, 1.165) is 0 Å². The van der Waals surface area contributed by atoms with Crippen LogP contribution >= 0.6 is 0 Å². The molecule has 0 saturated heterocycles. The van der Waals surface area contributed by atoms with Crippen LogP contribution in [0.15, 0.2) is 17.2 Å². The Hall–Kier alpha value is -1.10.